The van der Waals surface area contributed by atoms with Crippen LogP contribution in [-0.2, 0) is 11.3 Å². The Labute approximate surface area is 99.5 Å². The molecule has 92 valence electrons. The van der Waals surface area contributed by atoms with Gasteiger partial charge >= 0.3 is 0 Å². The first-order valence-corrected chi connectivity index (χ1v) is 5.66. The van der Waals surface area contributed by atoms with Crippen molar-refractivity contribution in [3.8, 4) is 11.5 Å². The minimum Gasteiger partial charge on any atom is -0.508 e. The Kier molecular flexibility index (Phi) is 3.49. The quantitative estimate of drug-likeness (QED) is 0.599. The maximum absolute atomic E-state index is 11.3. The van der Waals surface area contributed by atoms with E-state index in [0.717, 1.165) is 12.8 Å². The Balaban J connectivity index is 1.75. The van der Waals surface area contributed by atoms with Crippen LogP contribution in [0.15, 0.2) is 18.2 Å². The van der Waals surface area contributed by atoms with Crippen molar-refractivity contribution in [3.63, 3.8) is 0 Å². The van der Waals surface area contributed by atoms with Crippen LogP contribution in [0.3, 0.4) is 0 Å². The van der Waals surface area contributed by atoms with Gasteiger partial charge in [0.05, 0.1) is 6.54 Å². The highest BCUT2D eigenvalue weighted by molar-refractivity contribution is 5.78. The van der Waals surface area contributed by atoms with E-state index >= 15 is 0 Å². The first-order valence-electron chi connectivity index (χ1n) is 5.66. The predicted molar refractivity (Wildman–Crippen MR) is 62.6 cm³/mol. The number of aromatic hydroxyl groups is 2. The molecular formula is C12H16N2O3. The van der Waals surface area contributed by atoms with Crippen molar-refractivity contribution in [1.82, 2.24) is 10.6 Å². The molecule has 5 nitrogen and oxygen atoms in total. The van der Waals surface area contributed by atoms with Crippen LogP contribution in [0.1, 0.15) is 18.4 Å². The highest BCUT2D eigenvalue weighted by atomic mass is 16.3. The number of nitrogens with one attached hydrogen (secondary N) is 2. The van der Waals surface area contributed by atoms with Crippen LogP contribution < -0.4 is 10.6 Å². The maximum Gasteiger partial charge on any atom is 0.234 e. The van der Waals surface area contributed by atoms with Gasteiger partial charge in [-0.1, -0.05) is 6.07 Å². The first kappa shape index (κ1) is 11.7. The Hall–Kier alpha value is -1.75. The van der Waals surface area contributed by atoms with E-state index in [1.807, 2.05) is 0 Å². The standard InChI is InChI=1S/C12H16N2O3/c15-10-4-1-8(11(16)5-10)6-13-7-12(17)14-9-2-3-9/h1,4-5,9,13,15-16H,2-3,6-7H2,(H,14,17). The zero-order valence-corrected chi connectivity index (χ0v) is 9.44. The van der Waals surface area contributed by atoms with E-state index in [2.05, 4.69) is 10.6 Å². The molecule has 1 amide bonds. The third kappa shape index (κ3) is 3.64. The molecule has 0 spiro atoms. The number of hydrogen-bond donors (Lipinski definition) is 4. The lowest BCUT2D eigenvalue weighted by molar-refractivity contribution is -0.120. The van der Waals surface area contributed by atoms with Gasteiger partial charge in [0, 0.05) is 24.2 Å². The second kappa shape index (κ2) is 5.05. The highest BCUT2D eigenvalue weighted by Gasteiger charge is 2.22. The van der Waals surface area contributed by atoms with Crippen molar-refractivity contribution < 1.29 is 15.0 Å². The Morgan fingerprint density at radius 3 is 2.76 bits per heavy atom. The summed E-state index contributed by atoms with van der Waals surface area (Å²) in [4.78, 5) is 11.3. The van der Waals surface area contributed by atoms with Crippen LogP contribution in [0.25, 0.3) is 0 Å². The van der Waals surface area contributed by atoms with Gasteiger partial charge in [0.1, 0.15) is 11.5 Å². The number of carbonyl (C=O) groups is 1. The van der Waals surface area contributed by atoms with Crippen molar-refractivity contribution in [3.05, 3.63) is 23.8 Å². The second-order valence-corrected chi connectivity index (χ2v) is 4.26. The van der Waals surface area contributed by atoms with Crippen LogP contribution in [0.5, 0.6) is 11.5 Å². The van der Waals surface area contributed by atoms with Gasteiger partial charge in [0.2, 0.25) is 5.91 Å². The topological polar surface area (TPSA) is 81.6 Å². The average Bonchev–Trinajstić information content (AvgIpc) is 3.05. The summed E-state index contributed by atoms with van der Waals surface area (Å²) < 4.78 is 0. The monoisotopic (exact) mass is 236 g/mol. The minimum atomic E-state index is -0.0224. The molecule has 1 aromatic carbocycles. The molecule has 1 aromatic rings. The van der Waals surface area contributed by atoms with E-state index in [1.54, 1.807) is 6.07 Å². The van der Waals surface area contributed by atoms with Gasteiger partial charge in [0.15, 0.2) is 0 Å². The molecule has 17 heavy (non-hydrogen) atoms. The molecule has 4 N–H and O–H groups in total. The summed E-state index contributed by atoms with van der Waals surface area (Å²) in [6, 6.07) is 4.77. The summed E-state index contributed by atoms with van der Waals surface area (Å²) in [6.07, 6.45) is 2.15. The number of phenolic OH excluding ortho intramolecular Hbond substituents is 2. The lowest BCUT2D eigenvalue weighted by atomic mass is 10.2. The smallest absolute Gasteiger partial charge is 0.234 e. The number of hydrogen-bond acceptors (Lipinski definition) is 4. The fourth-order valence-corrected chi connectivity index (χ4v) is 1.52. The van der Waals surface area contributed by atoms with Gasteiger partial charge in [-0.15, -0.1) is 0 Å². The molecule has 0 heterocycles. The maximum atomic E-state index is 11.3. The van der Waals surface area contributed by atoms with Gasteiger partial charge in [-0.05, 0) is 18.9 Å². The van der Waals surface area contributed by atoms with Crippen LogP contribution in [0.4, 0.5) is 0 Å². The zero-order chi connectivity index (χ0) is 12.3. The van der Waals surface area contributed by atoms with E-state index in [-0.39, 0.29) is 24.0 Å². The van der Waals surface area contributed by atoms with E-state index in [1.165, 1.54) is 12.1 Å². The molecule has 0 unspecified atom stereocenters. The Morgan fingerprint density at radius 1 is 1.35 bits per heavy atom. The summed E-state index contributed by atoms with van der Waals surface area (Å²) in [5.74, 6) is 0.0311. The van der Waals surface area contributed by atoms with Crippen molar-refractivity contribution in [2.24, 2.45) is 0 Å². The SMILES string of the molecule is O=C(CNCc1ccc(O)cc1O)NC1CC1. The van der Waals surface area contributed by atoms with Crippen molar-refractivity contribution >= 4 is 5.91 Å². The third-order valence-electron chi connectivity index (χ3n) is 2.61. The predicted octanol–water partition coefficient (Wildman–Crippen LogP) is 0.466. The second-order valence-electron chi connectivity index (χ2n) is 4.26. The molecule has 1 fully saturated rings. The number of carbonyl (C=O) groups excluding carboxylic acids is 1. The van der Waals surface area contributed by atoms with E-state index in [0.29, 0.717) is 18.2 Å². The largest absolute Gasteiger partial charge is 0.508 e. The molecule has 0 radical (unpaired) electrons. The lowest BCUT2D eigenvalue weighted by Gasteiger charge is -2.07. The summed E-state index contributed by atoms with van der Waals surface area (Å²) in [6.45, 7) is 0.626. The first-order chi connectivity index (χ1) is 8.15. The van der Waals surface area contributed by atoms with Gasteiger partial charge in [-0.25, -0.2) is 0 Å². The van der Waals surface area contributed by atoms with Crippen molar-refractivity contribution in [2.75, 3.05) is 6.54 Å². The molecule has 1 aliphatic carbocycles. The zero-order valence-electron chi connectivity index (χ0n) is 9.44. The lowest BCUT2D eigenvalue weighted by Crippen LogP contribution is -2.34. The summed E-state index contributed by atoms with van der Waals surface area (Å²) in [5.41, 5.74) is 0.655. The molecule has 0 aliphatic heterocycles. The molecule has 2 rings (SSSR count). The fourth-order valence-electron chi connectivity index (χ4n) is 1.52. The average molecular weight is 236 g/mol. The van der Waals surface area contributed by atoms with Gasteiger partial charge in [-0.3, -0.25) is 4.79 Å². The molecule has 1 aliphatic rings. The number of benzene rings is 1. The van der Waals surface area contributed by atoms with Gasteiger partial charge in [0.25, 0.3) is 0 Å². The summed E-state index contributed by atoms with van der Waals surface area (Å²) in [7, 11) is 0. The Bertz CT molecular complexity index is 416. The van der Waals surface area contributed by atoms with Crippen LogP contribution in [0.2, 0.25) is 0 Å². The molecule has 5 heteroatoms. The van der Waals surface area contributed by atoms with Crippen molar-refractivity contribution in [1.29, 1.82) is 0 Å². The number of amides is 1. The minimum absolute atomic E-state index is 0.0224. The molecule has 0 bridgehead atoms. The van der Waals surface area contributed by atoms with E-state index in [4.69, 9.17) is 5.11 Å². The summed E-state index contributed by atoms with van der Waals surface area (Å²) >= 11 is 0. The molecule has 0 saturated heterocycles. The van der Waals surface area contributed by atoms with E-state index < -0.39 is 0 Å². The molecular weight excluding hydrogens is 220 g/mol. The number of phenols is 2. The van der Waals surface area contributed by atoms with E-state index in [9.17, 15) is 9.90 Å². The van der Waals surface area contributed by atoms with Gasteiger partial charge < -0.3 is 20.8 Å². The number of rotatable bonds is 5. The van der Waals surface area contributed by atoms with Crippen LogP contribution >= 0.6 is 0 Å². The molecule has 1 saturated carbocycles. The highest BCUT2D eigenvalue weighted by Crippen LogP contribution is 2.22. The normalized spacial score (nSPS) is 14.6. The van der Waals surface area contributed by atoms with Crippen LogP contribution in [-0.4, -0.2) is 28.7 Å². The van der Waals surface area contributed by atoms with Crippen LogP contribution in [0, 0.1) is 0 Å². The Morgan fingerprint density at radius 2 is 2.12 bits per heavy atom. The third-order valence-corrected chi connectivity index (χ3v) is 2.61. The van der Waals surface area contributed by atoms with Gasteiger partial charge in [-0.2, -0.15) is 0 Å². The fraction of sp³-hybridized carbons (Fsp3) is 0.417. The molecule has 0 atom stereocenters. The van der Waals surface area contributed by atoms with Crippen molar-refractivity contribution in [2.45, 2.75) is 25.4 Å². The molecule has 0 aromatic heterocycles. The summed E-state index contributed by atoms with van der Waals surface area (Å²) in [5, 5.41) is 24.4.